The fraction of sp³-hybridized carbons (Fsp3) is 0.500. The predicted octanol–water partition coefficient (Wildman–Crippen LogP) is 2.25. The maximum absolute atomic E-state index is 13.8. The smallest absolute Gasteiger partial charge is 0.140 e. The highest BCUT2D eigenvalue weighted by Crippen LogP contribution is 2.27. The Hall–Kier alpha value is -0.450. The van der Waals surface area contributed by atoms with Crippen LogP contribution in [0.25, 0.3) is 0 Å². The quantitative estimate of drug-likeness (QED) is 0.875. The first-order valence-electron chi connectivity index (χ1n) is 5.47. The predicted molar refractivity (Wildman–Crippen MR) is 64.9 cm³/mol. The summed E-state index contributed by atoms with van der Waals surface area (Å²) in [7, 11) is 0. The molecule has 1 heterocycles. The lowest BCUT2D eigenvalue weighted by Crippen LogP contribution is -2.43. The molecule has 1 fully saturated rings. The van der Waals surface area contributed by atoms with Crippen molar-refractivity contribution in [2.24, 2.45) is 0 Å². The van der Waals surface area contributed by atoms with Crippen molar-refractivity contribution in [1.29, 1.82) is 0 Å². The molecule has 0 spiro atoms. The van der Waals surface area contributed by atoms with E-state index in [1.165, 1.54) is 0 Å². The van der Waals surface area contributed by atoms with Crippen molar-refractivity contribution in [3.05, 3.63) is 34.1 Å². The van der Waals surface area contributed by atoms with Gasteiger partial charge in [0.15, 0.2) is 0 Å². The number of aliphatic hydroxyl groups is 1. The van der Waals surface area contributed by atoms with E-state index in [-0.39, 0.29) is 5.82 Å². The van der Waals surface area contributed by atoms with E-state index < -0.39 is 5.60 Å². The van der Waals surface area contributed by atoms with Crippen LogP contribution in [-0.4, -0.2) is 23.8 Å². The Morgan fingerprint density at radius 3 is 2.75 bits per heavy atom. The number of halogens is 2. The molecule has 0 unspecified atom stereocenters. The van der Waals surface area contributed by atoms with Crippen LogP contribution in [0.15, 0.2) is 22.7 Å². The number of hydrogen-bond acceptors (Lipinski definition) is 2. The fourth-order valence-electron chi connectivity index (χ4n) is 2.11. The van der Waals surface area contributed by atoms with Gasteiger partial charge in [-0.2, -0.15) is 0 Å². The van der Waals surface area contributed by atoms with Crippen molar-refractivity contribution in [3.8, 4) is 0 Å². The van der Waals surface area contributed by atoms with Crippen molar-refractivity contribution in [1.82, 2.24) is 5.32 Å². The van der Waals surface area contributed by atoms with Crippen LogP contribution in [0.1, 0.15) is 18.4 Å². The average molecular weight is 288 g/mol. The number of benzene rings is 1. The summed E-state index contributed by atoms with van der Waals surface area (Å²) in [5, 5.41) is 13.5. The van der Waals surface area contributed by atoms with Crippen LogP contribution in [0.5, 0.6) is 0 Å². The summed E-state index contributed by atoms with van der Waals surface area (Å²) in [5.74, 6) is -0.255. The largest absolute Gasteiger partial charge is 0.389 e. The number of hydrogen-bond donors (Lipinski definition) is 2. The van der Waals surface area contributed by atoms with Crippen LogP contribution in [0.4, 0.5) is 4.39 Å². The molecule has 0 saturated carbocycles. The van der Waals surface area contributed by atoms with Crippen molar-refractivity contribution in [3.63, 3.8) is 0 Å². The van der Waals surface area contributed by atoms with E-state index in [1.807, 2.05) is 0 Å². The summed E-state index contributed by atoms with van der Waals surface area (Å²) in [6, 6.07) is 5.21. The Kier molecular flexibility index (Phi) is 3.62. The molecule has 2 rings (SSSR count). The normalized spacial score (nSPS) is 19.7. The number of piperidine rings is 1. The van der Waals surface area contributed by atoms with Crippen LogP contribution < -0.4 is 5.32 Å². The highest BCUT2D eigenvalue weighted by molar-refractivity contribution is 9.10. The molecule has 1 aromatic rings. The highest BCUT2D eigenvalue weighted by Gasteiger charge is 2.30. The van der Waals surface area contributed by atoms with Crippen LogP contribution in [0, 0.1) is 5.82 Å². The summed E-state index contributed by atoms with van der Waals surface area (Å²) in [5.41, 5.74) is -0.175. The molecule has 1 aromatic carbocycles. The molecule has 0 amide bonds. The molecular formula is C12H15BrFNO. The molecule has 1 saturated heterocycles. The van der Waals surface area contributed by atoms with Gasteiger partial charge >= 0.3 is 0 Å². The van der Waals surface area contributed by atoms with Gasteiger partial charge in [-0.25, -0.2) is 4.39 Å². The van der Waals surface area contributed by atoms with E-state index in [1.54, 1.807) is 18.2 Å². The van der Waals surface area contributed by atoms with Crippen LogP contribution in [-0.2, 0) is 6.42 Å². The lowest BCUT2D eigenvalue weighted by Gasteiger charge is -2.32. The molecule has 0 aliphatic carbocycles. The van der Waals surface area contributed by atoms with Gasteiger partial charge in [0.2, 0.25) is 0 Å². The summed E-state index contributed by atoms with van der Waals surface area (Å²) < 4.78 is 14.2. The van der Waals surface area contributed by atoms with E-state index >= 15 is 0 Å². The van der Waals surface area contributed by atoms with Gasteiger partial charge in [0, 0.05) is 6.42 Å². The third-order valence-electron chi connectivity index (χ3n) is 3.09. The van der Waals surface area contributed by atoms with Crippen molar-refractivity contribution < 1.29 is 9.50 Å². The van der Waals surface area contributed by atoms with E-state index in [2.05, 4.69) is 21.2 Å². The summed E-state index contributed by atoms with van der Waals surface area (Å²) >= 11 is 3.16. The maximum Gasteiger partial charge on any atom is 0.140 e. The second kappa shape index (κ2) is 4.82. The molecule has 0 radical (unpaired) electrons. The standard InChI is InChI=1S/C12H15BrFNO/c13-10-3-1-2-9(11(10)14)8-12(16)4-6-15-7-5-12/h1-3,15-16H,4-8H2. The van der Waals surface area contributed by atoms with Gasteiger partial charge in [0.1, 0.15) is 5.82 Å². The van der Waals surface area contributed by atoms with Gasteiger partial charge in [-0.3, -0.25) is 0 Å². The minimum atomic E-state index is -0.757. The van der Waals surface area contributed by atoms with E-state index in [0.717, 1.165) is 13.1 Å². The Labute approximate surface area is 103 Å². The van der Waals surface area contributed by atoms with Gasteiger partial charge in [-0.1, -0.05) is 12.1 Å². The van der Waals surface area contributed by atoms with Gasteiger partial charge < -0.3 is 10.4 Å². The molecule has 0 atom stereocenters. The molecule has 0 aromatic heterocycles. The second-order valence-electron chi connectivity index (χ2n) is 4.36. The summed E-state index contributed by atoms with van der Waals surface area (Å²) in [6.45, 7) is 1.60. The minimum absolute atomic E-state index is 0.255. The molecule has 16 heavy (non-hydrogen) atoms. The van der Waals surface area contributed by atoms with E-state index in [0.29, 0.717) is 29.3 Å². The lowest BCUT2D eigenvalue weighted by atomic mass is 9.86. The lowest BCUT2D eigenvalue weighted by molar-refractivity contribution is 0.0101. The first kappa shape index (κ1) is 12.0. The zero-order chi connectivity index (χ0) is 11.6. The minimum Gasteiger partial charge on any atom is -0.389 e. The van der Waals surface area contributed by atoms with Crippen molar-refractivity contribution >= 4 is 15.9 Å². The Morgan fingerprint density at radius 2 is 2.06 bits per heavy atom. The van der Waals surface area contributed by atoms with Crippen molar-refractivity contribution in [2.45, 2.75) is 24.9 Å². The monoisotopic (exact) mass is 287 g/mol. The number of nitrogens with one attached hydrogen (secondary N) is 1. The Bertz CT molecular complexity index is 377. The first-order valence-corrected chi connectivity index (χ1v) is 6.26. The highest BCUT2D eigenvalue weighted by atomic mass is 79.9. The number of rotatable bonds is 2. The third kappa shape index (κ3) is 2.62. The molecule has 2 nitrogen and oxygen atoms in total. The van der Waals surface area contributed by atoms with Crippen LogP contribution >= 0.6 is 15.9 Å². The Morgan fingerprint density at radius 1 is 1.38 bits per heavy atom. The van der Waals surface area contributed by atoms with Gasteiger partial charge in [-0.05, 0) is 53.5 Å². The molecule has 1 aliphatic heterocycles. The fourth-order valence-corrected chi connectivity index (χ4v) is 2.52. The van der Waals surface area contributed by atoms with Crippen LogP contribution in [0.3, 0.4) is 0 Å². The van der Waals surface area contributed by atoms with Gasteiger partial charge in [0.05, 0.1) is 10.1 Å². The van der Waals surface area contributed by atoms with Crippen LogP contribution in [0.2, 0.25) is 0 Å². The maximum atomic E-state index is 13.8. The zero-order valence-electron chi connectivity index (χ0n) is 8.97. The molecule has 4 heteroatoms. The molecule has 0 bridgehead atoms. The van der Waals surface area contributed by atoms with Gasteiger partial charge in [-0.15, -0.1) is 0 Å². The third-order valence-corrected chi connectivity index (χ3v) is 3.70. The summed E-state index contributed by atoms with van der Waals surface area (Å²) in [6.07, 6.45) is 1.75. The second-order valence-corrected chi connectivity index (χ2v) is 5.22. The topological polar surface area (TPSA) is 32.3 Å². The molecular weight excluding hydrogens is 273 g/mol. The molecule has 2 N–H and O–H groups in total. The van der Waals surface area contributed by atoms with E-state index in [9.17, 15) is 9.50 Å². The van der Waals surface area contributed by atoms with Gasteiger partial charge in [0.25, 0.3) is 0 Å². The first-order chi connectivity index (χ1) is 7.61. The SMILES string of the molecule is OC1(Cc2cccc(Br)c2F)CCNCC1. The molecule has 88 valence electrons. The Balaban J connectivity index is 2.16. The average Bonchev–Trinajstić information content (AvgIpc) is 2.26. The van der Waals surface area contributed by atoms with E-state index in [4.69, 9.17) is 0 Å². The zero-order valence-corrected chi connectivity index (χ0v) is 10.6. The summed E-state index contributed by atoms with van der Waals surface area (Å²) in [4.78, 5) is 0. The van der Waals surface area contributed by atoms with Crippen molar-refractivity contribution in [2.75, 3.05) is 13.1 Å². The molecule has 1 aliphatic rings.